The van der Waals surface area contributed by atoms with E-state index in [1.54, 1.807) is 30.3 Å². The summed E-state index contributed by atoms with van der Waals surface area (Å²) in [5.74, 6) is 0.737. The molecule has 176 valence electrons. The third kappa shape index (κ3) is 5.02. The van der Waals surface area contributed by atoms with Gasteiger partial charge in [-0.1, -0.05) is 28.1 Å². The van der Waals surface area contributed by atoms with E-state index in [9.17, 15) is 19.8 Å². The first-order valence-electron chi connectivity index (χ1n) is 10.2. The number of anilines is 1. The smallest absolute Gasteiger partial charge is 0.329 e. The Hall–Kier alpha value is -3.90. The van der Waals surface area contributed by atoms with Crippen LogP contribution in [0.15, 0.2) is 67.7 Å². The lowest BCUT2D eigenvalue weighted by Gasteiger charge is -2.15. The van der Waals surface area contributed by atoms with Crippen molar-refractivity contribution in [3.05, 3.63) is 79.4 Å². The van der Waals surface area contributed by atoms with Crippen LogP contribution in [0, 0.1) is 0 Å². The average molecular weight is 529 g/mol. The molecule has 11 nitrogen and oxygen atoms in total. The molecule has 4 rings (SSSR count). The normalized spacial score (nSPS) is 12.3. The Kier molecular flexibility index (Phi) is 6.80. The molecule has 1 unspecified atom stereocenters. The summed E-state index contributed by atoms with van der Waals surface area (Å²) in [6.45, 7) is -0.117. The molecule has 0 aliphatic heterocycles. The molecule has 2 aromatic heterocycles. The van der Waals surface area contributed by atoms with Crippen molar-refractivity contribution in [3.63, 3.8) is 0 Å². The van der Waals surface area contributed by atoms with Gasteiger partial charge in [0, 0.05) is 17.1 Å². The molecule has 0 spiro atoms. The lowest BCUT2D eigenvalue weighted by Crippen LogP contribution is -2.30. The first-order valence-corrected chi connectivity index (χ1v) is 11.0. The average Bonchev–Trinajstić information content (AvgIpc) is 3.17. The zero-order chi connectivity index (χ0) is 24.2. The molecule has 2 heterocycles. The van der Waals surface area contributed by atoms with E-state index in [-0.39, 0.29) is 36.0 Å². The number of phenolic OH excluding ortho intramolecular Hbond substituents is 1. The second kappa shape index (κ2) is 9.93. The monoisotopic (exact) mass is 528 g/mol. The summed E-state index contributed by atoms with van der Waals surface area (Å²) < 4.78 is 9.14. The summed E-state index contributed by atoms with van der Waals surface area (Å²) in [7, 11) is 1.47. The molecule has 0 aliphatic rings. The summed E-state index contributed by atoms with van der Waals surface area (Å²) in [6.07, 6.45) is 0.371. The number of ether oxygens (including phenoxy) is 1. The Morgan fingerprint density at radius 3 is 2.71 bits per heavy atom. The number of fused-ring (bicyclic) bond motifs is 1. The van der Waals surface area contributed by atoms with Crippen molar-refractivity contribution in [2.75, 3.05) is 12.0 Å². The number of aliphatic hydroxyl groups is 1. The summed E-state index contributed by atoms with van der Waals surface area (Å²) >= 11 is 3.35. The Labute approximate surface area is 201 Å². The molecule has 0 fully saturated rings. The molecule has 0 aliphatic carbocycles. The molecular weight excluding hydrogens is 508 g/mol. The van der Waals surface area contributed by atoms with Crippen molar-refractivity contribution in [1.29, 1.82) is 0 Å². The number of benzene rings is 2. The molecule has 34 heavy (non-hydrogen) atoms. The summed E-state index contributed by atoms with van der Waals surface area (Å²) in [5, 5.41) is 24.6. The van der Waals surface area contributed by atoms with Gasteiger partial charge in [0.25, 0.3) is 5.56 Å². The SMILES string of the molecule is Cn1c(=O)[nH]c(=O)c2c1nc(N/N=C/c1ccccc1O)n2CC(O)COc1ccc(Br)cc1. The van der Waals surface area contributed by atoms with Crippen LogP contribution in [0.25, 0.3) is 11.2 Å². The van der Waals surface area contributed by atoms with Crippen LogP contribution in [0.1, 0.15) is 5.56 Å². The molecule has 4 N–H and O–H groups in total. The van der Waals surface area contributed by atoms with Crippen LogP contribution in [0.4, 0.5) is 5.95 Å². The Bertz CT molecular complexity index is 1460. The first kappa shape index (κ1) is 23.3. The lowest BCUT2D eigenvalue weighted by molar-refractivity contribution is 0.0938. The maximum absolute atomic E-state index is 12.6. The van der Waals surface area contributed by atoms with E-state index in [1.807, 2.05) is 12.1 Å². The van der Waals surface area contributed by atoms with Crippen LogP contribution in [0.3, 0.4) is 0 Å². The largest absolute Gasteiger partial charge is 0.507 e. The number of aliphatic hydroxyl groups excluding tert-OH is 1. The van der Waals surface area contributed by atoms with E-state index in [1.165, 1.54) is 28.5 Å². The highest BCUT2D eigenvalue weighted by Gasteiger charge is 2.20. The zero-order valence-corrected chi connectivity index (χ0v) is 19.6. The number of phenols is 1. The van der Waals surface area contributed by atoms with E-state index in [0.29, 0.717) is 11.3 Å². The van der Waals surface area contributed by atoms with Crippen molar-refractivity contribution in [2.24, 2.45) is 12.1 Å². The lowest BCUT2D eigenvalue weighted by atomic mass is 10.2. The fourth-order valence-corrected chi connectivity index (χ4v) is 3.50. The predicted octanol–water partition coefficient (Wildman–Crippen LogP) is 1.78. The zero-order valence-electron chi connectivity index (χ0n) is 18.0. The molecule has 0 bridgehead atoms. The fourth-order valence-electron chi connectivity index (χ4n) is 3.24. The number of rotatable bonds is 8. The highest BCUT2D eigenvalue weighted by Crippen LogP contribution is 2.19. The molecular formula is C22H21BrN6O5. The summed E-state index contributed by atoms with van der Waals surface area (Å²) in [4.78, 5) is 31.2. The van der Waals surface area contributed by atoms with Gasteiger partial charge in [-0.3, -0.25) is 14.3 Å². The predicted molar refractivity (Wildman–Crippen MR) is 131 cm³/mol. The van der Waals surface area contributed by atoms with Crippen LogP contribution >= 0.6 is 15.9 Å². The van der Waals surface area contributed by atoms with E-state index >= 15 is 0 Å². The Morgan fingerprint density at radius 1 is 1.24 bits per heavy atom. The number of para-hydroxylation sites is 1. The van der Waals surface area contributed by atoms with Gasteiger partial charge in [0.15, 0.2) is 11.2 Å². The molecule has 1 atom stereocenters. The molecule has 2 aromatic carbocycles. The van der Waals surface area contributed by atoms with Gasteiger partial charge < -0.3 is 19.5 Å². The van der Waals surface area contributed by atoms with E-state index in [2.05, 4.69) is 36.4 Å². The van der Waals surface area contributed by atoms with Gasteiger partial charge in [0.1, 0.15) is 24.2 Å². The van der Waals surface area contributed by atoms with E-state index in [0.717, 1.165) is 4.47 Å². The first-order chi connectivity index (χ1) is 16.3. The number of hydrazone groups is 1. The van der Waals surface area contributed by atoms with Gasteiger partial charge in [-0.05, 0) is 36.4 Å². The van der Waals surface area contributed by atoms with Gasteiger partial charge in [-0.2, -0.15) is 10.1 Å². The number of imidazole rings is 1. The number of aromatic amines is 1. The number of H-pyrrole nitrogens is 1. The maximum atomic E-state index is 12.6. The number of aryl methyl sites for hydroxylation is 1. The van der Waals surface area contributed by atoms with Crippen LogP contribution in [-0.2, 0) is 13.6 Å². The van der Waals surface area contributed by atoms with Crippen molar-refractivity contribution in [2.45, 2.75) is 12.6 Å². The molecule has 0 amide bonds. The quantitative estimate of drug-likeness (QED) is 0.201. The van der Waals surface area contributed by atoms with Crippen LogP contribution in [-0.4, -0.2) is 48.2 Å². The fraction of sp³-hybridized carbons (Fsp3) is 0.182. The minimum Gasteiger partial charge on any atom is -0.507 e. The van der Waals surface area contributed by atoms with Gasteiger partial charge in [-0.25, -0.2) is 10.2 Å². The number of halogens is 1. The van der Waals surface area contributed by atoms with Crippen LogP contribution < -0.4 is 21.4 Å². The summed E-state index contributed by atoms with van der Waals surface area (Å²) in [6, 6.07) is 13.8. The van der Waals surface area contributed by atoms with Gasteiger partial charge >= 0.3 is 5.69 Å². The van der Waals surface area contributed by atoms with Crippen molar-refractivity contribution in [3.8, 4) is 11.5 Å². The van der Waals surface area contributed by atoms with E-state index < -0.39 is 17.4 Å². The summed E-state index contributed by atoms with van der Waals surface area (Å²) in [5.41, 5.74) is 2.13. The molecule has 4 aromatic rings. The highest BCUT2D eigenvalue weighted by atomic mass is 79.9. The minimum absolute atomic E-state index is 0.0425. The van der Waals surface area contributed by atoms with Gasteiger partial charge in [0.05, 0.1) is 12.8 Å². The van der Waals surface area contributed by atoms with Crippen molar-refractivity contribution < 1.29 is 14.9 Å². The van der Waals surface area contributed by atoms with E-state index in [4.69, 9.17) is 4.74 Å². The van der Waals surface area contributed by atoms with Gasteiger partial charge in [-0.15, -0.1) is 0 Å². The topological polar surface area (TPSA) is 147 Å². The van der Waals surface area contributed by atoms with Crippen molar-refractivity contribution >= 4 is 39.3 Å². The van der Waals surface area contributed by atoms with Crippen LogP contribution in [0.2, 0.25) is 0 Å². The second-order valence-corrected chi connectivity index (χ2v) is 8.30. The van der Waals surface area contributed by atoms with Crippen molar-refractivity contribution in [1.82, 2.24) is 19.1 Å². The van der Waals surface area contributed by atoms with Crippen LogP contribution in [0.5, 0.6) is 11.5 Å². The number of hydrogen-bond acceptors (Lipinski definition) is 8. The van der Waals surface area contributed by atoms with Gasteiger partial charge in [0.2, 0.25) is 5.95 Å². The Morgan fingerprint density at radius 2 is 1.97 bits per heavy atom. The second-order valence-electron chi connectivity index (χ2n) is 7.38. The molecule has 0 saturated heterocycles. The highest BCUT2D eigenvalue weighted by molar-refractivity contribution is 9.10. The molecule has 0 saturated carbocycles. The standard InChI is InChI=1S/C22H21BrN6O5/c1-28-19-18(20(32)26-22(28)33)29(11-15(30)12-34-16-8-6-14(23)7-9-16)21(25-19)27-24-10-13-4-2-3-5-17(13)31/h2-10,15,30-31H,11-12H2,1H3,(H,25,27)(H,26,32,33)/b24-10+. The number of hydrogen-bond donors (Lipinski definition) is 4. The maximum Gasteiger partial charge on any atom is 0.329 e. The minimum atomic E-state index is -1.01. The third-order valence-corrected chi connectivity index (χ3v) is 5.49. The number of aromatic nitrogens is 4. The molecule has 0 radical (unpaired) electrons. The number of aromatic hydroxyl groups is 1. The molecule has 12 heteroatoms. The third-order valence-electron chi connectivity index (χ3n) is 4.96. The number of nitrogens with one attached hydrogen (secondary N) is 2. The number of nitrogens with zero attached hydrogens (tertiary/aromatic N) is 4. The Balaban J connectivity index is 1.62.